The van der Waals surface area contributed by atoms with E-state index in [0.717, 1.165) is 19.9 Å². The summed E-state index contributed by atoms with van der Waals surface area (Å²) in [6.45, 7) is 6.38. The van der Waals surface area contributed by atoms with Crippen LogP contribution in [-0.4, -0.2) is 31.9 Å². The second kappa shape index (κ2) is 8.93. The molecule has 2 heterocycles. The number of hydrogen-bond donors (Lipinski definition) is 2. The first-order chi connectivity index (χ1) is 15.4. The Morgan fingerprint density at radius 1 is 1.30 bits per heavy atom. The number of aliphatic hydroxyl groups is 1. The highest BCUT2D eigenvalue weighted by atomic mass is 19.3. The maximum absolute atomic E-state index is 15.1. The molecule has 0 amide bonds. The van der Waals surface area contributed by atoms with Gasteiger partial charge in [-0.3, -0.25) is 13.8 Å². The number of nitrogens with zero attached hydrogens (tertiary/aromatic N) is 3. The molecule has 0 aliphatic heterocycles. The van der Waals surface area contributed by atoms with Crippen molar-refractivity contribution in [2.24, 2.45) is 0 Å². The molecule has 0 radical (unpaired) electrons. The van der Waals surface area contributed by atoms with E-state index >= 15 is 4.39 Å². The van der Waals surface area contributed by atoms with Crippen LogP contribution in [-0.2, 0) is 5.92 Å². The van der Waals surface area contributed by atoms with Crippen LogP contribution >= 0.6 is 0 Å². The molecule has 3 rings (SSSR count). The second-order valence-electron chi connectivity index (χ2n) is 8.22. The van der Waals surface area contributed by atoms with Gasteiger partial charge in [0, 0.05) is 29.9 Å². The van der Waals surface area contributed by atoms with Gasteiger partial charge in [-0.2, -0.15) is 8.78 Å². The topological polar surface area (TPSA) is 80.0 Å². The van der Waals surface area contributed by atoms with Crippen LogP contribution in [0.4, 0.5) is 23.4 Å². The van der Waals surface area contributed by atoms with Crippen molar-refractivity contribution in [3.05, 3.63) is 70.7 Å². The van der Waals surface area contributed by atoms with Gasteiger partial charge in [0.25, 0.3) is 5.56 Å². The molecule has 0 unspecified atom stereocenters. The number of benzene rings is 1. The van der Waals surface area contributed by atoms with Gasteiger partial charge in [-0.15, -0.1) is 0 Å². The van der Waals surface area contributed by atoms with Crippen molar-refractivity contribution in [3.63, 3.8) is 0 Å². The summed E-state index contributed by atoms with van der Waals surface area (Å²) in [5.41, 5.74) is -3.40. The van der Waals surface area contributed by atoms with Crippen molar-refractivity contribution in [1.82, 2.24) is 14.5 Å². The molecule has 2 aromatic heterocycles. The molecule has 2 N–H and O–H groups in total. The van der Waals surface area contributed by atoms with Gasteiger partial charge < -0.3 is 10.4 Å². The van der Waals surface area contributed by atoms with Gasteiger partial charge in [-0.25, -0.2) is 14.4 Å². The lowest BCUT2D eigenvalue weighted by Crippen LogP contribution is -2.41. The highest BCUT2D eigenvalue weighted by molar-refractivity contribution is 5.88. The van der Waals surface area contributed by atoms with E-state index in [2.05, 4.69) is 21.9 Å². The van der Waals surface area contributed by atoms with Crippen LogP contribution in [0.25, 0.3) is 16.6 Å². The summed E-state index contributed by atoms with van der Waals surface area (Å²) in [6.07, 6.45) is 2.55. The lowest BCUT2D eigenvalue weighted by Gasteiger charge is -2.30. The number of allylic oxidation sites excluding steroid dienone is 1. The Bertz CT molecular complexity index is 1250. The molecule has 0 bridgehead atoms. The zero-order valence-corrected chi connectivity index (χ0v) is 18.4. The first kappa shape index (κ1) is 24.4. The Morgan fingerprint density at radius 3 is 2.64 bits per heavy atom. The highest BCUT2D eigenvalue weighted by Crippen LogP contribution is 2.41. The van der Waals surface area contributed by atoms with Crippen molar-refractivity contribution < 1.29 is 22.7 Å². The molecule has 0 aliphatic carbocycles. The number of alkyl halides is 3. The maximum Gasteiger partial charge on any atom is 0.303 e. The average molecular weight is 464 g/mol. The Kier molecular flexibility index (Phi) is 6.60. The predicted octanol–water partition coefficient (Wildman–Crippen LogP) is 4.80. The number of halogens is 4. The average Bonchev–Trinajstić information content (AvgIpc) is 2.72. The second-order valence-corrected chi connectivity index (χ2v) is 8.22. The summed E-state index contributed by atoms with van der Waals surface area (Å²) in [6, 6.07) is 3.97. The summed E-state index contributed by atoms with van der Waals surface area (Å²) in [4.78, 5) is 20.5. The van der Waals surface area contributed by atoms with Crippen LogP contribution < -0.4 is 10.9 Å². The Morgan fingerprint density at radius 2 is 2.00 bits per heavy atom. The fourth-order valence-electron chi connectivity index (χ4n) is 3.36. The number of fused-ring (bicyclic) bond motifs is 1. The molecule has 176 valence electrons. The number of anilines is 1. The van der Waals surface area contributed by atoms with Crippen LogP contribution in [0, 0.1) is 5.82 Å². The van der Waals surface area contributed by atoms with Gasteiger partial charge in [0.1, 0.15) is 23.6 Å². The molecule has 10 heteroatoms. The van der Waals surface area contributed by atoms with Crippen LogP contribution in [0.1, 0.15) is 44.4 Å². The molecule has 0 spiro atoms. The van der Waals surface area contributed by atoms with Gasteiger partial charge >= 0.3 is 5.92 Å². The van der Waals surface area contributed by atoms with Crippen molar-refractivity contribution in [3.8, 4) is 0 Å². The number of rotatable bonds is 8. The molecule has 0 saturated carbocycles. The minimum atomic E-state index is -3.83. The summed E-state index contributed by atoms with van der Waals surface area (Å²) < 4.78 is 58.3. The number of nitrogens with one attached hydrogen (secondary N) is 1. The summed E-state index contributed by atoms with van der Waals surface area (Å²) >= 11 is 0. The van der Waals surface area contributed by atoms with Crippen LogP contribution in [0.5, 0.6) is 0 Å². The standard InChI is InChI=1S/C23H24F4N4O2/c1-13(8-9-24)31-11-16-18(10-19(31)32)28-12-29-21(16)30-14(2)15-6-5-7-17(20(15)25)23(26,27)22(3,4)33/h5-7,10-12,14,33H,1,8-9H2,2-4H3,(H,28,29,30)/t14-/m1/s1. The Labute approximate surface area is 187 Å². The van der Waals surface area contributed by atoms with E-state index in [4.69, 9.17) is 0 Å². The van der Waals surface area contributed by atoms with Crippen LogP contribution in [0.3, 0.4) is 0 Å². The van der Waals surface area contributed by atoms with Gasteiger partial charge in [-0.05, 0) is 26.8 Å². The quantitative estimate of drug-likeness (QED) is 0.469. The van der Waals surface area contributed by atoms with Crippen LogP contribution in [0.2, 0.25) is 0 Å². The van der Waals surface area contributed by atoms with Crippen molar-refractivity contribution in [2.75, 3.05) is 12.0 Å². The molecule has 1 atom stereocenters. The molecule has 33 heavy (non-hydrogen) atoms. The van der Waals surface area contributed by atoms with Crippen LogP contribution in [0.15, 0.2) is 48.2 Å². The smallest absolute Gasteiger partial charge is 0.303 e. The van der Waals surface area contributed by atoms with Crippen molar-refractivity contribution in [2.45, 2.75) is 44.8 Å². The SMILES string of the molecule is C=C(CCF)n1cc2c(N[C@H](C)c3cccc(C(F)(F)C(C)(C)O)c3F)ncnc2cc1=O. The van der Waals surface area contributed by atoms with Gasteiger partial charge in [0.15, 0.2) is 0 Å². The highest BCUT2D eigenvalue weighted by Gasteiger charge is 2.49. The number of aromatic nitrogens is 3. The molecule has 0 aliphatic rings. The van der Waals surface area contributed by atoms with E-state index in [0.29, 0.717) is 5.39 Å². The molecular weight excluding hydrogens is 440 g/mol. The fourth-order valence-corrected chi connectivity index (χ4v) is 3.36. The molecule has 6 nitrogen and oxygen atoms in total. The molecule has 0 saturated heterocycles. The van der Waals surface area contributed by atoms with Gasteiger partial charge in [-0.1, -0.05) is 18.7 Å². The first-order valence-corrected chi connectivity index (χ1v) is 10.2. The minimum absolute atomic E-state index is 0.0499. The number of hydrogen-bond acceptors (Lipinski definition) is 5. The third kappa shape index (κ3) is 4.61. The molecule has 1 aromatic carbocycles. The summed E-state index contributed by atoms with van der Waals surface area (Å²) in [5, 5.41) is 13.2. The maximum atomic E-state index is 15.1. The van der Waals surface area contributed by atoms with Crippen molar-refractivity contribution in [1.29, 1.82) is 0 Å². The van der Waals surface area contributed by atoms with E-state index in [9.17, 15) is 23.1 Å². The molecule has 0 fully saturated rings. The van der Waals surface area contributed by atoms with Gasteiger partial charge in [0.2, 0.25) is 0 Å². The van der Waals surface area contributed by atoms with Gasteiger partial charge in [0.05, 0.1) is 29.2 Å². The van der Waals surface area contributed by atoms with E-state index in [1.165, 1.54) is 35.3 Å². The largest absolute Gasteiger partial charge is 0.384 e. The Balaban J connectivity index is 2.03. The first-order valence-electron chi connectivity index (χ1n) is 10.2. The van der Waals surface area contributed by atoms with E-state index in [-0.39, 0.29) is 29.0 Å². The monoisotopic (exact) mass is 464 g/mol. The lowest BCUT2D eigenvalue weighted by atomic mass is 9.91. The zero-order valence-electron chi connectivity index (χ0n) is 18.4. The molecule has 3 aromatic rings. The lowest BCUT2D eigenvalue weighted by molar-refractivity contribution is -0.170. The minimum Gasteiger partial charge on any atom is -0.384 e. The summed E-state index contributed by atoms with van der Waals surface area (Å²) in [7, 11) is 0. The molecular formula is C23H24F4N4O2. The number of pyridine rings is 1. The predicted molar refractivity (Wildman–Crippen MR) is 118 cm³/mol. The normalized spacial score (nSPS) is 13.2. The van der Waals surface area contributed by atoms with E-state index in [1.54, 1.807) is 6.92 Å². The van der Waals surface area contributed by atoms with E-state index in [1.807, 2.05) is 0 Å². The third-order valence-corrected chi connectivity index (χ3v) is 5.35. The summed E-state index contributed by atoms with van der Waals surface area (Å²) in [5.74, 6) is -4.77. The Hall–Kier alpha value is -3.27. The third-order valence-electron chi connectivity index (χ3n) is 5.35. The van der Waals surface area contributed by atoms with E-state index < -0.39 is 41.2 Å². The fraction of sp³-hybridized carbons (Fsp3) is 0.348. The van der Waals surface area contributed by atoms with Crippen molar-refractivity contribution >= 4 is 22.4 Å². The zero-order chi connectivity index (χ0) is 24.6.